The van der Waals surface area contributed by atoms with E-state index in [0.29, 0.717) is 21.8 Å². The lowest BCUT2D eigenvalue weighted by atomic mass is 10.1. The number of benzene rings is 2. The number of rotatable bonds is 6. The average molecular weight is 589 g/mol. The fourth-order valence-corrected chi connectivity index (χ4v) is 4.64. The highest BCUT2D eigenvalue weighted by atomic mass is 79.9. The number of pyridine rings is 1. The van der Waals surface area contributed by atoms with Crippen molar-refractivity contribution >= 4 is 39.2 Å². The molecular weight excluding hydrogens is 570 g/mol. The van der Waals surface area contributed by atoms with E-state index >= 15 is 0 Å². The van der Waals surface area contributed by atoms with Crippen LogP contribution in [0.5, 0.6) is 0 Å². The van der Waals surface area contributed by atoms with Crippen molar-refractivity contribution in [2.75, 3.05) is 10.2 Å². The summed E-state index contributed by atoms with van der Waals surface area (Å²) in [5.41, 5.74) is 4.07. The van der Waals surface area contributed by atoms with Gasteiger partial charge in [0.05, 0.1) is 35.4 Å². The lowest BCUT2D eigenvalue weighted by Crippen LogP contribution is -2.34. The molecule has 4 heterocycles. The molecule has 1 aliphatic rings. The van der Waals surface area contributed by atoms with Gasteiger partial charge in [0.2, 0.25) is 5.95 Å². The fourth-order valence-electron chi connectivity index (χ4n) is 4.28. The van der Waals surface area contributed by atoms with Crippen LogP contribution in [0.15, 0.2) is 83.9 Å². The molecule has 0 bridgehead atoms. The number of aromatic nitrogens is 6. The molecule has 2 aromatic carbocycles. The van der Waals surface area contributed by atoms with Crippen LogP contribution in [0, 0.1) is 6.92 Å². The number of nitrogens with one attached hydrogen (secondary N) is 1. The minimum atomic E-state index is -3.61. The van der Waals surface area contributed by atoms with Crippen molar-refractivity contribution in [3.8, 4) is 16.9 Å². The predicted molar refractivity (Wildman–Crippen MR) is 144 cm³/mol. The molecule has 0 radical (unpaired) electrons. The molecule has 0 spiro atoms. The quantitative estimate of drug-likeness (QED) is 0.276. The molecule has 9 nitrogen and oxygen atoms in total. The summed E-state index contributed by atoms with van der Waals surface area (Å²) in [6.45, 7) is 1.79. The number of fused-ring (bicyclic) bond motifs is 1. The van der Waals surface area contributed by atoms with Gasteiger partial charge in [-0.25, -0.2) is 9.97 Å². The summed E-state index contributed by atoms with van der Waals surface area (Å²) in [5.74, 6) is -4.49. The number of alkyl halides is 2. The summed E-state index contributed by atoms with van der Waals surface area (Å²) < 4.78 is 29.8. The van der Waals surface area contributed by atoms with E-state index in [1.807, 2.05) is 37.3 Å². The standard InChI is InChI=1S/C27H19BrF2N8O/c1-16-4-6-20(12-23(16)35-26-32-10-8-22(34-26)17-3-2-9-31-13-17)38-33-14-19(36-38)15-37-24-7-5-18(28)11-21(24)27(29,30)25(37)39/h2-14H,15H2,1H3,(H,32,34,35). The van der Waals surface area contributed by atoms with Gasteiger partial charge in [-0.2, -0.15) is 23.8 Å². The van der Waals surface area contributed by atoms with Gasteiger partial charge in [0.15, 0.2) is 0 Å². The number of halogens is 3. The number of hydrogen-bond donors (Lipinski definition) is 1. The molecule has 0 unspecified atom stereocenters. The first-order valence-electron chi connectivity index (χ1n) is 11.8. The molecule has 1 N–H and O–H groups in total. The van der Waals surface area contributed by atoms with Gasteiger partial charge in [-0.15, -0.1) is 0 Å². The summed E-state index contributed by atoms with van der Waals surface area (Å²) in [4.78, 5) is 28.0. The van der Waals surface area contributed by atoms with Crippen molar-refractivity contribution in [1.82, 2.24) is 29.9 Å². The number of amides is 1. The van der Waals surface area contributed by atoms with E-state index in [1.165, 1.54) is 23.1 Å². The second-order valence-corrected chi connectivity index (χ2v) is 9.80. The number of aryl methyl sites for hydroxylation is 1. The van der Waals surface area contributed by atoms with E-state index in [4.69, 9.17) is 0 Å². The SMILES string of the molecule is Cc1ccc(-n2ncc(CN3C(=O)C(F)(F)c4cc(Br)ccc43)n2)cc1Nc1nccc(-c2cccnc2)n1. The molecule has 0 aliphatic carbocycles. The monoisotopic (exact) mass is 588 g/mol. The Bertz CT molecular complexity index is 1710. The lowest BCUT2D eigenvalue weighted by Gasteiger charge is -2.15. The van der Waals surface area contributed by atoms with E-state index in [9.17, 15) is 13.6 Å². The molecule has 0 saturated carbocycles. The first kappa shape index (κ1) is 24.7. The van der Waals surface area contributed by atoms with Gasteiger partial charge in [-0.1, -0.05) is 22.0 Å². The summed E-state index contributed by atoms with van der Waals surface area (Å²) >= 11 is 3.19. The van der Waals surface area contributed by atoms with E-state index in [1.54, 1.807) is 30.7 Å². The number of carbonyl (C=O) groups is 1. The maximum absolute atomic E-state index is 14.6. The minimum Gasteiger partial charge on any atom is -0.324 e. The summed E-state index contributed by atoms with van der Waals surface area (Å²) in [6.07, 6.45) is 6.55. The smallest absolute Gasteiger partial charge is 0.324 e. The molecule has 39 heavy (non-hydrogen) atoms. The summed E-state index contributed by atoms with van der Waals surface area (Å²) in [7, 11) is 0. The topological polar surface area (TPSA) is 102 Å². The molecule has 0 saturated heterocycles. The Labute approximate surface area is 229 Å². The van der Waals surface area contributed by atoms with Gasteiger partial charge in [0, 0.05) is 34.3 Å². The highest BCUT2D eigenvalue weighted by Gasteiger charge is 2.53. The Balaban J connectivity index is 1.24. The second-order valence-electron chi connectivity index (χ2n) is 8.88. The van der Waals surface area contributed by atoms with Gasteiger partial charge in [0.1, 0.15) is 5.69 Å². The normalized spacial score (nSPS) is 13.9. The van der Waals surface area contributed by atoms with Gasteiger partial charge in [-0.05, 0) is 61.0 Å². The van der Waals surface area contributed by atoms with Gasteiger partial charge < -0.3 is 10.2 Å². The molecule has 194 valence electrons. The number of nitrogens with zero attached hydrogens (tertiary/aromatic N) is 7. The lowest BCUT2D eigenvalue weighted by molar-refractivity contribution is -0.141. The fraction of sp³-hybridized carbons (Fsp3) is 0.111. The maximum atomic E-state index is 14.6. The van der Waals surface area contributed by atoms with Crippen molar-refractivity contribution in [2.24, 2.45) is 0 Å². The molecule has 12 heteroatoms. The Hall–Kier alpha value is -4.58. The van der Waals surface area contributed by atoms with Crippen LogP contribution in [0.1, 0.15) is 16.8 Å². The molecule has 1 amide bonds. The highest BCUT2D eigenvalue weighted by molar-refractivity contribution is 9.10. The van der Waals surface area contributed by atoms with Crippen LogP contribution in [0.3, 0.4) is 0 Å². The van der Waals surface area contributed by atoms with Crippen molar-refractivity contribution in [3.63, 3.8) is 0 Å². The number of hydrogen-bond acceptors (Lipinski definition) is 7. The van der Waals surface area contributed by atoms with Crippen molar-refractivity contribution in [1.29, 1.82) is 0 Å². The summed E-state index contributed by atoms with van der Waals surface area (Å²) in [5, 5.41) is 12.0. The minimum absolute atomic E-state index is 0.144. The van der Waals surface area contributed by atoms with Crippen LogP contribution in [-0.2, 0) is 17.3 Å². The second kappa shape index (κ2) is 9.62. The zero-order valence-electron chi connectivity index (χ0n) is 20.4. The van der Waals surface area contributed by atoms with Crippen LogP contribution in [0.4, 0.5) is 26.1 Å². The van der Waals surface area contributed by atoms with Crippen LogP contribution in [0.25, 0.3) is 16.9 Å². The van der Waals surface area contributed by atoms with Gasteiger partial charge in [-0.3, -0.25) is 9.78 Å². The van der Waals surface area contributed by atoms with Gasteiger partial charge >= 0.3 is 11.8 Å². The first-order chi connectivity index (χ1) is 18.8. The third-order valence-electron chi connectivity index (χ3n) is 6.27. The van der Waals surface area contributed by atoms with E-state index in [-0.39, 0.29) is 17.8 Å². The van der Waals surface area contributed by atoms with E-state index in [0.717, 1.165) is 27.4 Å². The number of carbonyl (C=O) groups excluding carboxylic acids is 1. The largest absolute Gasteiger partial charge is 0.352 e. The Kier molecular flexibility index (Phi) is 6.10. The van der Waals surface area contributed by atoms with Gasteiger partial charge in [0.25, 0.3) is 0 Å². The van der Waals surface area contributed by atoms with Crippen LogP contribution in [0.2, 0.25) is 0 Å². The molecular formula is C27H19BrF2N8O. The molecule has 6 rings (SSSR count). The van der Waals surface area contributed by atoms with Crippen LogP contribution < -0.4 is 10.2 Å². The third kappa shape index (κ3) is 4.63. The Morgan fingerprint density at radius 1 is 1.05 bits per heavy atom. The molecule has 1 aliphatic heterocycles. The van der Waals surface area contributed by atoms with Crippen molar-refractivity contribution in [2.45, 2.75) is 19.4 Å². The zero-order chi connectivity index (χ0) is 27.1. The third-order valence-corrected chi connectivity index (χ3v) is 6.77. The summed E-state index contributed by atoms with van der Waals surface area (Å²) in [6, 6.07) is 15.5. The molecule has 5 aromatic rings. The van der Waals surface area contributed by atoms with E-state index in [2.05, 4.69) is 46.4 Å². The highest BCUT2D eigenvalue weighted by Crippen LogP contribution is 2.45. The Morgan fingerprint density at radius 2 is 1.92 bits per heavy atom. The van der Waals surface area contributed by atoms with E-state index < -0.39 is 11.8 Å². The van der Waals surface area contributed by atoms with Crippen molar-refractivity contribution < 1.29 is 13.6 Å². The maximum Gasteiger partial charge on any atom is 0.352 e. The Morgan fingerprint density at radius 3 is 2.74 bits per heavy atom. The predicted octanol–water partition coefficient (Wildman–Crippen LogP) is 5.57. The van der Waals surface area contributed by atoms with Crippen LogP contribution in [-0.4, -0.2) is 35.9 Å². The zero-order valence-corrected chi connectivity index (χ0v) is 22.0. The van der Waals surface area contributed by atoms with Crippen LogP contribution >= 0.6 is 15.9 Å². The molecule has 0 fully saturated rings. The average Bonchev–Trinajstić information content (AvgIpc) is 3.48. The first-order valence-corrected chi connectivity index (χ1v) is 12.6. The number of anilines is 3. The molecule has 3 aromatic heterocycles. The molecule has 0 atom stereocenters. The van der Waals surface area contributed by atoms with Crippen molar-refractivity contribution in [3.05, 3.63) is 101 Å².